The topological polar surface area (TPSA) is 69.6 Å². The molecule has 5 nitrogen and oxygen atoms in total. The summed E-state index contributed by atoms with van der Waals surface area (Å²) in [5.74, 6) is -1.99. The van der Waals surface area contributed by atoms with Crippen molar-refractivity contribution in [3.05, 3.63) is 28.0 Å². The van der Waals surface area contributed by atoms with Crippen LogP contribution >= 0.6 is 15.9 Å². The summed E-state index contributed by atoms with van der Waals surface area (Å²) in [7, 11) is 0. The zero-order valence-corrected chi connectivity index (χ0v) is 13.1. The number of hydrogen-bond donors (Lipinski definition) is 2. The second kappa shape index (κ2) is 6.43. The smallest absolute Gasteiger partial charge is 0.321 e. The van der Waals surface area contributed by atoms with Crippen LogP contribution in [0.4, 0.5) is 14.9 Å². The van der Waals surface area contributed by atoms with Crippen LogP contribution in [0.15, 0.2) is 16.6 Å². The number of piperidine rings is 1. The number of carbonyl (C=O) groups is 2. The fourth-order valence-corrected chi connectivity index (χ4v) is 2.63. The molecule has 1 unspecified atom stereocenters. The van der Waals surface area contributed by atoms with E-state index >= 15 is 0 Å². The predicted molar refractivity (Wildman–Crippen MR) is 79.8 cm³/mol. The number of likely N-dealkylation sites (tertiary alicyclic amines) is 1. The van der Waals surface area contributed by atoms with Crippen molar-refractivity contribution in [2.45, 2.75) is 19.8 Å². The number of halogens is 2. The predicted octanol–water partition coefficient (Wildman–Crippen LogP) is 3.23. The van der Waals surface area contributed by atoms with Crippen LogP contribution in [0, 0.1) is 18.7 Å². The van der Waals surface area contributed by atoms with Crippen LogP contribution in [0.5, 0.6) is 0 Å². The summed E-state index contributed by atoms with van der Waals surface area (Å²) in [5, 5.41) is 11.5. The van der Waals surface area contributed by atoms with Gasteiger partial charge in [0.2, 0.25) is 0 Å². The molecule has 2 N–H and O–H groups in total. The van der Waals surface area contributed by atoms with E-state index < -0.39 is 23.7 Å². The molecule has 1 atom stereocenters. The van der Waals surface area contributed by atoms with Gasteiger partial charge >= 0.3 is 12.0 Å². The normalized spacial score (nSPS) is 18.4. The monoisotopic (exact) mass is 358 g/mol. The molecule has 0 saturated carbocycles. The Kier molecular flexibility index (Phi) is 4.82. The molecule has 7 heteroatoms. The van der Waals surface area contributed by atoms with Gasteiger partial charge in [-0.25, -0.2) is 9.18 Å². The number of rotatable bonds is 2. The number of urea groups is 1. The summed E-state index contributed by atoms with van der Waals surface area (Å²) >= 11 is 3.22. The largest absolute Gasteiger partial charge is 0.481 e. The van der Waals surface area contributed by atoms with Crippen molar-refractivity contribution < 1.29 is 19.1 Å². The highest BCUT2D eigenvalue weighted by atomic mass is 79.9. The zero-order chi connectivity index (χ0) is 15.6. The maximum Gasteiger partial charge on any atom is 0.321 e. The van der Waals surface area contributed by atoms with Crippen LogP contribution in [0.3, 0.4) is 0 Å². The molecule has 1 saturated heterocycles. The minimum atomic E-state index is -0.904. The first kappa shape index (κ1) is 15.8. The fraction of sp³-hybridized carbons (Fsp3) is 0.429. The molecule has 0 radical (unpaired) electrons. The van der Waals surface area contributed by atoms with Crippen LogP contribution < -0.4 is 5.32 Å². The lowest BCUT2D eigenvalue weighted by Gasteiger charge is -2.30. The molecule has 0 spiro atoms. The number of amides is 2. The van der Waals surface area contributed by atoms with Crippen molar-refractivity contribution in [3.8, 4) is 0 Å². The number of benzene rings is 1. The molecule has 114 valence electrons. The molecule has 1 aliphatic rings. The molecule has 1 heterocycles. The van der Waals surface area contributed by atoms with E-state index in [4.69, 9.17) is 5.11 Å². The highest BCUT2D eigenvalue weighted by molar-refractivity contribution is 9.10. The number of hydrogen-bond acceptors (Lipinski definition) is 2. The number of carboxylic acids is 1. The minimum absolute atomic E-state index is 0.0955. The van der Waals surface area contributed by atoms with Gasteiger partial charge in [0.15, 0.2) is 0 Å². The van der Waals surface area contributed by atoms with Gasteiger partial charge in [-0.3, -0.25) is 4.79 Å². The van der Waals surface area contributed by atoms with Crippen LogP contribution in [0.1, 0.15) is 18.4 Å². The van der Waals surface area contributed by atoms with Crippen LogP contribution in [0.25, 0.3) is 0 Å². The van der Waals surface area contributed by atoms with Crippen LogP contribution in [-0.4, -0.2) is 35.1 Å². The average molecular weight is 359 g/mol. The van der Waals surface area contributed by atoms with E-state index in [1.54, 1.807) is 6.92 Å². The molecule has 1 aliphatic heterocycles. The van der Waals surface area contributed by atoms with Crippen LogP contribution in [0.2, 0.25) is 0 Å². The third-order valence-electron chi connectivity index (χ3n) is 3.55. The van der Waals surface area contributed by atoms with Gasteiger partial charge in [-0.05, 0) is 37.5 Å². The van der Waals surface area contributed by atoms with E-state index in [1.807, 2.05) is 0 Å². The second-order valence-electron chi connectivity index (χ2n) is 5.13. The Morgan fingerprint density at radius 3 is 2.86 bits per heavy atom. The van der Waals surface area contributed by atoms with E-state index in [2.05, 4.69) is 21.2 Å². The van der Waals surface area contributed by atoms with E-state index in [0.29, 0.717) is 23.9 Å². The van der Waals surface area contributed by atoms with Gasteiger partial charge in [-0.2, -0.15) is 0 Å². The van der Waals surface area contributed by atoms with Gasteiger partial charge in [0, 0.05) is 17.6 Å². The number of nitrogens with zero attached hydrogens (tertiary/aromatic N) is 1. The second-order valence-corrected chi connectivity index (χ2v) is 5.99. The summed E-state index contributed by atoms with van der Waals surface area (Å²) in [6.07, 6.45) is 1.19. The lowest BCUT2D eigenvalue weighted by molar-refractivity contribution is -0.143. The Balaban J connectivity index is 2.07. The maximum absolute atomic E-state index is 13.8. The summed E-state index contributed by atoms with van der Waals surface area (Å²) in [4.78, 5) is 24.5. The average Bonchev–Trinajstić information content (AvgIpc) is 2.44. The number of aliphatic carboxylic acids is 1. The molecule has 2 rings (SSSR count). The van der Waals surface area contributed by atoms with E-state index in [1.165, 1.54) is 17.0 Å². The number of nitrogens with one attached hydrogen (secondary N) is 1. The summed E-state index contributed by atoms with van der Waals surface area (Å²) < 4.78 is 14.4. The van der Waals surface area contributed by atoms with Crippen LogP contribution in [-0.2, 0) is 4.79 Å². The maximum atomic E-state index is 13.8. The van der Waals surface area contributed by atoms with E-state index in [-0.39, 0.29) is 12.2 Å². The van der Waals surface area contributed by atoms with Gasteiger partial charge in [0.05, 0.1) is 11.6 Å². The van der Waals surface area contributed by atoms with Crippen molar-refractivity contribution in [2.24, 2.45) is 5.92 Å². The summed E-state index contributed by atoms with van der Waals surface area (Å²) in [5.41, 5.74) is 0.895. The van der Waals surface area contributed by atoms with Crippen molar-refractivity contribution in [1.29, 1.82) is 0 Å². The Labute approximate surface area is 130 Å². The summed E-state index contributed by atoms with van der Waals surface area (Å²) in [6.45, 7) is 2.42. The van der Waals surface area contributed by atoms with Gasteiger partial charge < -0.3 is 15.3 Å². The molecule has 0 aromatic heterocycles. The number of anilines is 1. The highest BCUT2D eigenvalue weighted by Gasteiger charge is 2.28. The molecular formula is C14H16BrFN2O3. The fourth-order valence-electron chi connectivity index (χ4n) is 2.31. The van der Waals surface area contributed by atoms with Crippen molar-refractivity contribution in [3.63, 3.8) is 0 Å². The molecule has 0 aliphatic carbocycles. The molecule has 2 amide bonds. The van der Waals surface area contributed by atoms with Gasteiger partial charge in [0.1, 0.15) is 5.82 Å². The Hall–Kier alpha value is -1.63. The molecule has 1 aromatic rings. The molecule has 1 aromatic carbocycles. The van der Waals surface area contributed by atoms with E-state index in [9.17, 15) is 14.0 Å². The van der Waals surface area contributed by atoms with Crippen molar-refractivity contribution >= 4 is 33.6 Å². The third-order valence-corrected chi connectivity index (χ3v) is 4.40. The van der Waals surface area contributed by atoms with Gasteiger partial charge in [0.25, 0.3) is 0 Å². The van der Waals surface area contributed by atoms with Crippen molar-refractivity contribution in [2.75, 3.05) is 18.4 Å². The number of carboxylic acid groups (broad SMARTS) is 1. The highest BCUT2D eigenvalue weighted by Crippen LogP contribution is 2.25. The van der Waals surface area contributed by atoms with Crippen molar-refractivity contribution in [1.82, 2.24) is 4.90 Å². The first-order chi connectivity index (χ1) is 9.88. The molecule has 21 heavy (non-hydrogen) atoms. The van der Waals surface area contributed by atoms with Gasteiger partial charge in [-0.15, -0.1) is 0 Å². The SMILES string of the molecule is Cc1cc(NC(=O)N2CCCC(C(=O)O)C2)c(F)cc1Br. The Morgan fingerprint density at radius 2 is 2.19 bits per heavy atom. The molecular weight excluding hydrogens is 343 g/mol. The number of aryl methyl sites for hydroxylation is 1. The zero-order valence-electron chi connectivity index (χ0n) is 11.5. The lowest BCUT2D eigenvalue weighted by atomic mass is 9.99. The Bertz CT molecular complexity index is 580. The first-order valence-corrected chi connectivity index (χ1v) is 7.42. The van der Waals surface area contributed by atoms with E-state index in [0.717, 1.165) is 5.56 Å². The quantitative estimate of drug-likeness (QED) is 0.852. The Morgan fingerprint density at radius 1 is 1.48 bits per heavy atom. The summed E-state index contributed by atoms with van der Waals surface area (Å²) in [6, 6.07) is 2.36. The first-order valence-electron chi connectivity index (χ1n) is 6.63. The van der Waals surface area contributed by atoms with Gasteiger partial charge in [-0.1, -0.05) is 15.9 Å². The molecule has 1 fully saturated rings. The minimum Gasteiger partial charge on any atom is -0.481 e. The standard InChI is InChI=1S/C14H16BrFN2O3/c1-8-5-12(11(16)6-10(8)15)17-14(21)18-4-2-3-9(7-18)13(19)20/h5-6,9H,2-4,7H2,1H3,(H,17,21)(H,19,20). The third kappa shape index (κ3) is 3.72. The number of carbonyl (C=O) groups excluding carboxylic acids is 1. The molecule has 0 bridgehead atoms. The lowest BCUT2D eigenvalue weighted by Crippen LogP contribution is -2.44.